The topological polar surface area (TPSA) is 76.7 Å². The van der Waals surface area contributed by atoms with E-state index in [4.69, 9.17) is 9.47 Å². The van der Waals surface area contributed by atoms with Gasteiger partial charge in [0.2, 0.25) is 10.0 Å². The molecular formula is C13H22N2O4S. The van der Waals surface area contributed by atoms with Gasteiger partial charge in [-0.25, -0.2) is 13.1 Å². The van der Waals surface area contributed by atoms with Crippen molar-refractivity contribution in [3.63, 3.8) is 0 Å². The molecule has 0 aliphatic heterocycles. The predicted molar refractivity (Wildman–Crippen MR) is 77.9 cm³/mol. The highest BCUT2D eigenvalue weighted by Gasteiger charge is 2.16. The van der Waals surface area contributed by atoms with Gasteiger partial charge in [-0.3, -0.25) is 0 Å². The van der Waals surface area contributed by atoms with Gasteiger partial charge >= 0.3 is 0 Å². The summed E-state index contributed by atoms with van der Waals surface area (Å²) in [5.41, 5.74) is 0. The lowest BCUT2D eigenvalue weighted by Gasteiger charge is -2.11. The van der Waals surface area contributed by atoms with E-state index in [2.05, 4.69) is 10.0 Å². The first-order valence-corrected chi connectivity index (χ1v) is 7.96. The first kappa shape index (κ1) is 16.7. The highest BCUT2D eigenvalue weighted by molar-refractivity contribution is 7.89. The van der Waals surface area contributed by atoms with Gasteiger partial charge in [0.25, 0.3) is 0 Å². The molecule has 1 rings (SSSR count). The number of benzene rings is 1. The first-order chi connectivity index (χ1) is 9.55. The van der Waals surface area contributed by atoms with E-state index < -0.39 is 10.0 Å². The Balaban J connectivity index is 2.72. The fraction of sp³-hybridized carbons (Fsp3) is 0.538. The first-order valence-electron chi connectivity index (χ1n) is 6.47. The molecule has 0 aromatic heterocycles. The lowest BCUT2D eigenvalue weighted by atomic mass is 10.3. The Morgan fingerprint density at radius 2 is 1.80 bits per heavy atom. The average Bonchev–Trinajstić information content (AvgIpc) is 2.46. The van der Waals surface area contributed by atoms with Gasteiger partial charge in [0, 0.05) is 12.6 Å². The highest BCUT2D eigenvalue weighted by atomic mass is 32.2. The molecule has 0 radical (unpaired) electrons. The van der Waals surface area contributed by atoms with Gasteiger partial charge in [-0.1, -0.05) is 6.92 Å². The van der Waals surface area contributed by atoms with E-state index in [1.807, 2.05) is 6.92 Å². The molecule has 0 heterocycles. The van der Waals surface area contributed by atoms with Crippen LogP contribution in [0.4, 0.5) is 0 Å². The predicted octanol–water partition coefficient (Wildman–Crippen LogP) is 0.982. The lowest BCUT2D eigenvalue weighted by Crippen LogP contribution is -2.27. The van der Waals surface area contributed by atoms with Crippen LogP contribution in [-0.4, -0.2) is 42.3 Å². The Bertz CT molecular complexity index is 517. The zero-order valence-electron chi connectivity index (χ0n) is 12.1. The summed E-state index contributed by atoms with van der Waals surface area (Å²) in [7, 11) is -0.543. The minimum absolute atomic E-state index is 0.165. The van der Waals surface area contributed by atoms with Crippen molar-refractivity contribution in [2.75, 3.05) is 33.9 Å². The van der Waals surface area contributed by atoms with E-state index in [0.717, 1.165) is 19.5 Å². The second-order valence-corrected chi connectivity index (χ2v) is 5.89. The molecule has 1 aromatic carbocycles. The number of hydrogen-bond donors (Lipinski definition) is 2. The molecule has 0 fully saturated rings. The largest absolute Gasteiger partial charge is 0.493 e. The molecule has 1 aromatic rings. The van der Waals surface area contributed by atoms with Crippen molar-refractivity contribution < 1.29 is 17.9 Å². The minimum atomic E-state index is -3.52. The van der Waals surface area contributed by atoms with Gasteiger partial charge in [0.05, 0.1) is 19.1 Å². The third-order valence-electron chi connectivity index (χ3n) is 2.74. The third kappa shape index (κ3) is 4.66. The Morgan fingerprint density at radius 3 is 2.40 bits per heavy atom. The van der Waals surface area contributed by atoms with E-state index >= 15 is 0 Å². The second kappa shape index (κ2) is 8.08. The average molecular weight is 302 g/mol. The molecule has 7 heteroatoms. The van der Waals surface area contributed by atoms with E-state index in [1.54, 1.807) is 6.07 Å². The molecule has 6 nitrogen and oxygen atoms in total. The van der Waals surface area contributed by atoms with Crippen molar-refractivity contribution in [3.05, 3.63) is 18.2 Å². The number of methoxy groups -OCH3 is 2. The van der Waals surface area contributed by atoms with Crippen LogP contribution in [0.25, 0.3) is 0 Å². The summed E-state index contributed by atoms with van der Waals surface area (Å²) in [6, 6.07) is 4.52. The summed E-state index contributed by atoms with van der Waals surface area (Å²) in [4.78, 5) is 0.165. The van der Waals surface area contributed by atoms with E-state index in [9.17, 15) is 8.42 Å². The summed E-state index contributed by atoms with van der Waals surface area (Å²) in [5.74, 6) is 0.890. The normalized spacial score (nSPS) is 11.3. The van der Waals surface area contributed by atoms with Crippen LogP contribution in [0.15, 0.2) is 23.1 Å². The van der Waals surface area contributed by atoms with Gasteiger partial charge in [-0.05, 0) is 31.6 Å². The maximum atomic E-state index is 12.1. The van der Waals surface area contributed by atoms with Crippen LogP contribution < -0.4 is 19.5 Å². The monoisotopic (exact) mass is 302 g/mol. The van der Waals surface area contributed by atoms with Gasteiger partial charge in [0.1, 0.15) is 0 Å². The van der Waals surface area contributed by atoms with Gasteiger partial charge in [-0.15, -0.1) is 0 Å². The van der Waals surface area contributed by atoms with Crippen molar-refractivity contribution in [1.29, 1.82) is 0 Å². The van der Waals surface area contributed by atoms with Gasteiger partial charge in [-0.2, -0.15) is 0 Å². The third-order valence-corrected chi connectivity index (χ3v) is 4.20. The molecule has 0 amide bonds. The second-order valence-electron chi connectivity index (χ2n) is 4.12. The van der Waals surface area contributed by atoms with Crippen LogP contribution in [0.3, 0.4) is 0 Å². The minimum Gasteiger partial charge on any atom is -0.493 e. The van der Waals surface area contributed by atoms with E-state index in [1.165, 1.54) is 26.4 Å². The Morgan fingerprint density at radius 1 is 1.10 bits per heavy atom. The summed E-state index contributed by atoms with van der Waals surface area (Å²) >= 11 is 0. The Hall–Kier alpha value is -1.31. The van der Waals surface area contributed by atoms with Crippen molar-refractivity contribution in [3.8, 4) is 11.5 Å². The van der Waals surface area contributed by atoms with Crippen molar-refractivity contribution in [2.24, 2.45) is 0 Å². The molecule has 0 saturated heterocycles. The molecule has 0 unspecified atom stereocenters. The van der Waals surface area contributed by atoms with Gasteiger partial charge in [0.15, 0.2) is 11.5 Å². The van der Waals surface area contributed by atoms with E-state index in [-0.39, 0.29) is 4.90 Å². The van der Waals surface area contributed by atoms with Crippen LogP contribution >= 0.6 is 0 Å². The Labute approximate surface area is 120 Å². The molecular weight excluding hydrogens is 280 g/mol. The standard InChI is InChI=1S/C13H22N2O4S/c1-4-14-8-5-9-15-20(16,17)11-6-7-12(18-2)13(10-11)19-3/h6-7,10,14-15H,4-5,8-9H2,1-3H3. The molecule has 20 heavy (non-hydrogen) atoms. The summed E-state index contributed by atoms with van der Waals surface area (Å²) in [6.45, 7) is 4.06. The van der Waals surface area contributed by atoms with Crippen molar-refractivity contribution in [1.82, 2.24) is 10.0 Å². The molecule has 0 bridgehead atoms. The smallest absolute Gasteiger partial charge is 0.240 e. The van der Waals surface area contributed by atoms with E-state index in [0.29, 0.717) is 18.0 Å². The number of rotatable bonds is 9. The fourth-order valence-electron chi connectivity index (χ4n) is 1.66. The fourth-order valence-corrected chi connectivity index (χ4v) is 2.75. The zero-order valence-corrected chi connectivity index (χ0v) is 12.9. The van der Waals surface area contributed by atoms with Crippen LogP contribution in [0.5, 0.6) is 11.5 Å². The van der Waals surface area contributed by atoms with Crippen LogP contribution in [0.1, 0.15) is 13.3 Å². The van der Waals surface area contributed by atoms with Crippen molar-refractivity contribution in [2.45, 2.75) is 18.2 Å². The SMILES string of the molecule is CCNCCCNS(=O)(=O)c1ccc(OC)c(OC)c1. The molecule has 0 spiro atoms. The van der Waals surface area contributed by atoms with Crippen LogP contribution in [0, 0.1) is 0 Å². The van der Waals surface area contributed by atoms with Crippen LogP contribution in [-0.2, 0) is 10.0 Å². The zero-order chi connectivity index (χ0) is 15.0. The van der Waals surface area contributed by atoms with Gasteiger partial charge < -0.3 is 14.8 Å². The lowest BCUT2D eigenvalue weighted by molar-refractivity contribution is 0.354. The molecule has 0 aliphatic rings. The molecule has 0 saturated carbocycles. The number of ether oxygens (including phenoxy) is 2. The maximum absolute atomic E-state index is 12.1. The quantitative estimate of drug-likeness (QED) is 0.665. The summed E-state index contributed by atoms with van der Waals surface area (Å²) in [6.07, 6.45) is 0.736. The Kier molecular flexibility index (Phi) is 6.77. The number of hydrogen-bond acceptors (Lipinski definition) is 5. The summed E-state index contributed by atoms with van der Waals surface area (Å²) < 4.78 is 37.0. The number of nitrogens with one attached hydrogen (secondary N) is 2. The highest BCUT2D eigenvalue weighted by Crippen LogP contribution is 2.29. The van der Waals surface area contributed by atoms with Crippen LogP contribution in [0.2, 0.25) is 0 Å². The molecule has 0 atom stereocenters. The van der Waals surface area contributed by atoms with Crippen molar-refractivity contribution >= 4 is 10.0 Å². The molecule has 2 N–H and O–H groups in total. The summed E-state index contributed by atoms with van der Waals surface area (Å²) in [5, 5.41) is 3.14. The molecule has 0 aliphatic carbocycles. The maximum Gasteiger partial charge on any atom is 0.240 e. The number of sulfonamides is 1. The molecule has 114 valence electrons.